The zero-order valence-corrected chi connectivity index (χ0v) is 15.7. The first-order chi connectivity index (χ1) is 12.0. The summed E-state index contributed by atoms with van der Waals surface area (Å²) in [5.74, 6) is 0.436. The topological polar surface area (TPSA) is 50.4 Å². The van der Waals surface area contributed by atoms with Crippen molar-refractivity contribution in [3.63, 3.8) is 0 Å². The van der Waals surface area contributed by atoms with Gasteiger partial charge in [0, 0.05) is 11.1 Å². The second-order valence-electron chi connectivity index (χ2n) is 4.90. The number of nitrogens with one attached hydrogen (secondary N) is 2. The Hall–Kier alpha value is -2.08. The van der Waals surface area contributed by atoms with E-state index in [2.05, 4.69) is 10.6 Å². The summed E-state index contributed by atoms with van der Waals surface area (Å²) in [4.78, 5) is 11.9. The van der Waals surface area contributed by atoms with Crippen LogP contribution in [-0.4, -0.2) is 17.6 Å². The van der Waals surface area contributed by atoms with E-state index in [0.717, 1.165) is 11.3 Å². The Morgan fingerprint density at radius 2 is 1.92 bits per heavy atom. The van der Waals surface area contributed by atoms with Gasteiger partial charge in [0.2, 0.25) is 5.91 Å². The molecule has 0 aromatic heterocycles. The lowest BCUT2D eigenvalue weighted by atomic mass is 10.2. The standard InChI is InChI=1S/C18H16Cl2N2O2S/c1-2-24-14-7-3-12(4-8-14)5-10-17(23)22-18(25)21-16-9-6-13(19)11-15(16)20/h3-11H,2H2,1H3,(H2,21,22,23,25)/b10-5+. The van der Waals surface area contributed by atoms with Crippen molar-refractivity contribution in [3.8, 4) is 5.75 Å². The van der Waals surface area contributed by atoms with Gasteiger partial charge in [0.1, 0.15) is 5.75 Å². The second-order valence-corrected chi connectivity index (χ2v) is 6.15. The van der Waals surface area contributed by atoms with Crippen molar-refractivity contribution in [2.24, 2.45) is 0 Å². The highest BCUT2D eigenvalue weighted by Gasteiger charge is 2.05. The van der Waals surface area contributed by atoms with Crippen LogP contribution in [0.3, 0.4) is 0 Å². The maximum absolute atomic E-state index is 11.9. The monoisotopic (exact) mass is 394 g/mol. The smallest absolute Gasteiger partial charge is 0.250 e. The molecule has 2 N–H and O–H groups in total. The van der Waals surface area contributed by atoms with Crippen LogP contribution in [0.4, 0.5) is 5.69 Å². The molecule has 0 saturated carbocycles. The SMILES string of the molecule is CCOc1ccc(/C=C/C(=O)NC(=S)Nc2ccc(Cl)cc2Cl)cc1. The molecule has 2 aromatic carbocycles. The summed E-state index contributed by atoms with van der Waals surface area (Å²) in [5.41, 5.74) is 1.44. The van der Waals surface area contributed by atoms with E-state index in [4.69, 9.17) is 40.2 Å². The van der Waals surface area contributed by atoms with E-state index in [1.807, 2.05) is 31.2 Å². The lowest BCUT2D eigenvalue weighted by molar-refractivity contribution is -0.115. The van der Waals surface area contributed by atoms with Gasteiger partial charge in [-0.05, 0) is 61.1 Å². The molecule has 0 aliphatic carbocycles. The van der Waals surface area contributed by atoms with Crippen LogP contribution in [0.1, 0.15) is 12.5 Å². The van der Waals surface area contributed by atoms with Crippen LogP contribution in [0.2, 0.25) is 10.0 Å². The predicted molar refractivity (Wildman–Crippen MR) is 107 cm³/mol. The Morgan fingerprint density at radius 1 is 1.20 bits per heavy atom. The van der Waals surface area contributed by atoms with Crippen molar-refractivity contribution in [2.75, 3.05) is 11.9 Å². The first-order valence-electron chi connectivity index (χ1n) is 7.46. The summed E-state index contributed by atoms with van der Waals surface area (Å²) in [6, 6.07) is 12.3. The fourth-order valence-corrected chi connectivity index (χ4v) is 2.58. The molecular weight excluding hydrogens is 379 g/mol. The summed E-state index contributed by atoms with van der Waals surface area (Å²) in [5, 5.41) is 6.47. The molecule has 0 spiro atoms. The van der Waals surface area contributed by atoms with E-state index < -0.39 is 0 Å². The van der Waals surface area contributed by atoms with Crippen LogP contribution >= 0.6 is 35.4 Å². The van der Waals surface area contributed by atoms with Gasteiger partial charge in [0.15, 0.2) is 5.11 Å². The lowest BCUT2D eigenvalue weighted by Crippen LogP contribution is -2.32. The molecule has 130 valence electrons. The zero-order chi connectivity index (χ0) is 18.2. The molecule has 4 nitrogen and oxygen atoms in total. The van der Waals surface area contributed by atoms with E-state index in [0.29, 0.717) is 22.3 Å². The second kappa shape index (κ2) is 9.42. The molecule has 0 radical (unpaired) electrons. The van der Waals surface area contributed by atoms with E-state index in [1.165, 1.54) is 6.08 Å². The van der Waals surface area contributed by atoms with Crippen molar-refractivity contribution < 1.29 is 9.53 Å². The van der Waals surface area contributed by atoms with Crippen molar-refractivity contribution in [1.29, 1.82) is 0 Å². The molecule has 0 aliphatic heterocycles. The van der Waals surface area contributed by atoms with E-state index in [9.17, 15) is 4.79 Å². The summed E-state index contributed by atoms with van der Waals surface area (Å²) in [7, 11) is 0. The maximum atomic E-state index is 11.9. The molecule has 2 aromatic rings. The Morgan fingerprint density at radius 3 is 2.56 bits per heavy atom. The minimum absolute atomic E-state index is 0.144. The fraction of sp³-hybridized carbons (Fsp3) is 0.111. The number of anilines is 1. The molecule has 0 fully saturated rings. The Balaban J connectivity index is 1.89. The minimum Gasteiger partial charge on any atom is -0.494 e. The van der Waals surface area contributed by atoms with Gasteiger partial charge in [-0.25, -0.2) is 0 Å². The molecule has 0 heterocycles. The summed E-state index contributed by atoms with van der Waals surface area (Å²) in [6.07, 6.45) is 3.08. The average Bonchev–Trinajstić information content (AvgIpc) is 2.57. The number of amides is 1. The van der Waals surface area contributed by atoms with E-state index >= 15 is 0 Å². The number of carbonyl (C=O) groups is 1. The normalized spacial score (nSPS) is 10.5. The third-order valence-corrected chi connectivity index (χ3v) is 3.79. The van der Waals surface area contributed by atoms with E-state index in [1.54, 1.807) is 24.3 Å². The van der Waals surface area contributed by atoms with Crippen LogP contribution in [-0.2, 0) is 4.79 Å². The number of hydrogen-bond acceptors (Lipinski definition) is 3. The Bertz CT molecular complexity index is 792. The number of carbonyl (C=O) groups excluding carboxylic acids is 1. The summed E-state index contributed by atoms with van der Waals surface area (Å²) in [6.45, 7) is 2.53. The Labute approximate surface area is 161 Å². The largest absolute Gasteiger partial charge is 0.494 e. The van der Waals surface area contributed by atoms with Crippen LogP contribution in [0.25, 0.3) is 6.08 Å². The first-order valence-corrected chi connectivity index (χ1v) is 8.62. The molecular formula is C18H16Cl2N2O2S. The van der Waals surface area contributed by atoms with Crippen LogP contribution in [0.5, 0.6) is 5.75 Å². The third-order valence-electron chi connectivity index (χ3n) is 3.03. The van der Waals surface area contributed by atoms with Gasteiger partial charge in [0.25, 0.3) is 0 Å². The maximum Gasteiger partial charge on any atom is 0.250 e. The van der Waals surface area contributed by atoms with Gasteiger partial charge >= 0.3 is 0 Å². The number of halogens is 2. The number of rotatable bonds is 5. The van der Waals surface area contributed by atoms with Gasteiger partial charge in [-0.15, -0.1) is 0 Å². The first kappa shape index (κ1) is 19.2. The van der Waals surface area contributed by atoms with Crippen LogP contribution < -0.4 is 15.4 Å². The predicted octanol–water partition coefficient (Wildman–Crippen LogP) is 4.92. The molecule has 0 aliphatic rings. The van der Waals surface area contributed by atoms with Crippen molar-refractivity contribution in [1.82, 2.24) is 5.32 Å². The number of benzene rings is 2. The quantitative estimate of drug-likeness (QED) is 0.558. The molecule has 25 heavy (non-hydrogen) atoms. The lowest BCUT2D eigenvalue weighted by Gasteiger charge is -2.09. The highest BCUT2D eigenvalue weighted by Crippen LogP contribution is 2.25. The number of thiocarbonyl (C=S) groups is 1. The van der Waals surface area contributed by atoms with Gasteiger partial charge < -0.3 is 10.1 Å². The minimum atomic E-state index is -0.350. The highest BCUT2D eigenvalue weighted by molar-refractivity contribution is 7.80. The van der Waals surface area contributed by atoms with E-state index in [-0.39, 0.29) is 11.0 Å². The molecule has 0 unspecified atom stereocenters. The van der Waals surface area contributed by atoms with Gasteiger partial charge in [0.05, 0.1) is 17.3 Å². The highest BCUT2D eigenvalue weighted by atomic mass is 35.5. The van der Waals surface area contributed by atoms with Gasteiger partial charge in [-0.1, -0.05) is 35.3 Å². The summed E-state index contributed by atoms with van der Waals surface area (Å²) >= 11 is 17.0. The summed E-state index contributed by atoms with van der Waals surface area (Å²) < 4.78 is 5.36. The zero-order valence-electron chi connectivity index (χ0n) is 13.4. The molecule has 0 atom stereocenters. The molecule has 2 rings (SSSR count). The average molecular weight is 395 g/mol. The molecule has 0 saturated heterocycles. The Kier molecular flexibility index (Phi) is 7.25. The molecule has 0 bridgehead atoms. The fourth-order valence-electron chi connectivity index (χ4n) is 1.91. The van der Waals surface area contributed by atoms with Crippen molar-refractivity contribution in [2.45, 2.75) is 6.92 Å². The number of hydrogen-bond donors (Lipinski definition) is 2. The molecule has 1 amide bonds. The molecule has 7 heteroatoms. The van der Waals surface area contributed by atoms with Gasteiger partial charge in [-0.3, -0.25) is 10.1 Å². The van der Waals surface area contributed by atoms with Crippen LogP contribution in [0.15, 0.2) is 48.5 Å². The third kappa shape index (κ3) is 6.38. The van der Waals surface area contributed by atoms with Crippen molar-refractivity contribution >= 4 is 58.2 Å². The van der Waals surface area contributed by atoms with Crippen LogP contribution in [0, 0.1) is 0 Å². The van der Waals surface area contributed by atoms with Crippen molar-refractivity contribution in [3.05, 3.63) is 64.1 Å². The van der Waals surface area contributed by atoms with Gasteiger partial charge in [-0.2, -0.15) is 0 Å². The number of ether oxygens (including phenoxy) is 1.